The highest BCUT2D eigenvalue weighted by molar-refractivity contribution is 6.10. The molecule has 4 heteroatoms. The van der Waals surface area contributed by atoms with Crippen LogP contribution in [0.3, 0.4) is 0 Å². The SMILES string of the molecule is COc1cc(N)ccc1-n1ccc2c3c(OC)cccc3ccc21. The minimum Gasteiger partial charge on any atom is -0.496 e. The van der Waals surface area contributed by atoms with E-state index in [9.17, 15) is 0 Å². The molecule has 0 bridgehead atoms. The second-order valence-corrected chi connectivity index (χ2v) is 5.67. The molecule has 0 radical (unpaired) electrons. The van der Waals surface area contributed by atoms with Crippen molar-refractivity contribution in [1.29, 1.82) is 0 Å². The molecule has 0 spiro atoms. The summed E-state index contributed by atoms with van der Waals surface area (Å²) in [7, 11) is 3.36. The van der Waals surface area contributed by atoms with Crippen molar-refractivity contribution in [1.82, 2.24) is 4.57 Å². The first-order valence-electron chi connectivity index (χ1n) is 7.73. The van der Waals surface area contributed by atoms with Gasteiger partial charge in [0.05, 0.1) is 25.4 Å². The van der Waals surface area contributed by atoms with E-state index in [1.54, 1.807) is 14.2 Å². The highest BCUT2D eigenvalue weighted by atomic mass is 16.5. The molecule has 0 unspecified atom stereocenters. The number of hydrogen-bond donors (Lipinski definition) is 1. The fraction of sp³-hybridized carbons (Fsp3) is 0.100. The molecule has 1 aromatic heterocycles. The van der Waals surface area contributed by atoms with Crippen LogP contribution in [0.5, 0.6) is 11.5 Å². The van der Waals surface area contributed by atoms with Crippen molar-refractivity contribution in [2.45, 2.75) is 0 Å². The number of methoxy groups -OCH3 is 2. The number of benzene rings is 3. The van der Waals surface area contributed by atoms with Crippen molar-refractivity contribution in [2.24, 2.45) is 0 Å². The van der Waals surface area contributed by atoms with E-state index in [-0.39, 0.29) is 0 Å². The Bertz CT molecular complexity index is 1050. The van der Waals surface area contributed by atoms with E-state index < -0.39 is 0 Å². The van der Waals surface area contributed by atoms with Crippen molar-refractivity contribution >= 4 is 27.4 Å². The Labute approximate surface area is 140 Å². The van der Waals surface area contributed by atoms with E-state index in [1.165, 1.54) is 0 Å². The molecule has 0 aliphatic rings. The lowest BCUT2D eigenvalue weighted by Gasteiger charge is -2.12. The van der Waals surface area contributed by atoms with Gasteiger partial charge in [0.2, 0.25) is 0 Å². The van der Waals surface area contributed by atoms with Gasteiger partial charge in [-0.2, -0.15) is 0 Å². The lowest BCUT2D eigenvalue weighted by atomic mass is 10.1. The fourth-order valence-corrected chi connectivity index (χ4v) is 3.24. The molecule has 0 atom stereocenters. The standard InChI is InChI=1S/C20H18N2O2/c1-23-18-5-3-4-13-6-8-16-15(20(13)18)10-11-22(16)17-9-7-14(21)12-19(17)24-2/h3-12H,21H2,1-2H3. The van der Waals surface area contributed by atoms with Gasteiger partial charge in [-0.05, 0) is 35.7 Å². The lowest BCUT2D eigenvalue weighted by Crippen LogP contribution is -1.98. The van der Waals surface area contributed by atoms with E-state index >= 15 is 0 Å². The zero-order valence-corrected chi connectivity index (χ0v) is 13.6. The van der Waals surface area contributed by atoms with Crippen LogP contribution in [-0.2, 0) is 0 Å². The molecule has 4 rings (SSSR count). The maximum absolute atomic E-state index is 5.88. The molecule has 0 aliphatic heterocycles. The maximum atomic E-state index is 5.88. The Morgan fingerprint density at radius 1 is 0.875 bits per heavy atom. The van der Waals surface area contributed by atoms with Gasteiger partial charge in [0, 0.05) is 28.7 Å². The van der Waals surface area contributed by atoms with Crippen LogP contribution in [0.25, 0.3) is 27.4 Å². The number of hydrogen-bond acceptors (Lipinski definition) is 3. The Kier molecular flexibility index (Phi) is 3.31. The predicted octanol–water partition coefficient (Wildman–Crippen LogP) is 4.38. The van der Waals surface area contributed by atoms with Gasteiger partial charge in [0.1, 0.15) is 11.5 Å². The molecule has 120 valence electrons. The van der Waals surface area contributed by atoms with Crippen molar-refractivity contribution in [3.63, 3.8) is 0 Å². The van der Waals surface area contributed by atoms with Crippen molar-refractivity contribution in [2.75, 3.05) is 20.0 Å². The third kappa shape index (κ3) is 2.07. The van der Waals surface area contributed by atoms with E-state index in [0.717, 1.165) is 38.9 Å². The van der Waals surface area contributed by atoms with Crippen LogP contribution >= 0.6 is 0 Å². The van der Waals surface area contributed by atoms with Crippen molar-refractivity contribution in [3.8, 4) is 17.2 Å². The molecule has 0 saturated heterocycles. The Morgan fingerprint density at radius 2 is 1.71 bits per heavy atom. The van der Waals surface area contributed by atoms with Crippen LogP contribution in [0.1, 0.15) is 0 Å². The van der Waals surface area contributed by atoms with Gasteiger partial charge in [-0.3, -0.25) is 0 Å². The number of aromatic nitrogens is 1. The highest BCUT2D eigenvalue weighted by Crippen LogP contribution is 2.36. The molecule has 4 nitrogen and oxygen atoms in total. The van der Waals surface area contributed by atoms with E-state index in [4.69, 9.17) is 15.2 Å². The lowest BCUT2D eigenvalue weighted by molar-refractivity contribution is 0.413. The van der Waals surface area contributed by atoms with Crippen LogP contribution in [0.4, 0.5) is 5.69 Å². The monoisotopic (exact) mass is 318 g/mol. The molecule has 2 N–H and O–H groups in total. The minimum atomic E-state index is 0.680. The topological polar surface area (TPSA) is 49.4 Å². The Balaban J connectivity index is 2.04. The number of ether oxygens (including phenoxy) is 2. The zero-order chi connectivity index (χ0) is 16.7. The number of nitrogen functional groups attached to an aromatic ring is 1. The van der Waals surface area contributed by atoms with Gasteiger partial charge in [-0.15, -0.1) is 0 Å². The zero-order valence-electron chi connectivity index (χ0n) is 13.6. The van der Waals surface area contributed by atoms with E-state index in [1.807, 2.05) is 36.5 Å². The highest BCUT2D eigenvalue weighted by Gasteiger charge is 2.12. The summed E-state index contributed by atoms with van der Waals surface area (Å²) in [6, 6.07) is 18.1. The van der Waals surface area contributed by atoms with Crippen LogP contribution in [0.15, 0.2) is 60.8 Å². The summed E-state index contributed by atoms with van der Waals surface area (Å²) in [4.78, 5) is 0. The molecule has 0 amide bonds. The minimum absolute atomic E-state index is 0.680. The summed E-state index contributed by atoms with van der Waals surface area (Å²) < 4.78 is 13.2. The molecule has 3 aromatic carbocycles. The number of nitrogens with two attached hydrogens (primary N) is 1. The van der Waals surface area contributed by atoms with Crippen LogP contribution in [0, 0.1) is 0 Å². The first-order chi connectivity index (χ1) is 11.7. The van der Waals surface area contributed by atoms with Crippen LogP contribution in [0.2, 0.25) is 0 Å². The van der Waals surface area contributed by atoms with Gasteiger partial charge >= 0.3 is 0 Å². The molecule has 1 heterocycles. The maximum Gasteiger partial charge on any atom is 0.144 e. The normalized spacial score (nSPS) is 11.1. The van der Waals surface area contributed by atoms with Gasteiger partial charge in [-0.1, -0.05) is 18.2 Å². The first-order valence-corrected chi connectivity index (χ1v) is 7.73. The largest absolute Gasteiger partial charge is 0.496 e. The summed E-state index contributed by atoms with van der Waals surface area (Å²) in [6.45, 7) is 0. The average Bonchev–Trinajstić information content (AvgIpc) is 3.05. The molecular formula is C20H18N2O2. The number of nitrogens with zero attached hydrogens (tertiary/aromatic N) is 1. The summed E-state index contributed by atoms with van der Waals surface area (Å²) in [5, 5.41) is 3.42. The summed E-state index contributed by atoms with van der Waals surface area (Å²) >= 11 is 0. The average molecular weight is 318 g/mol. The number of fused-ring (bicyclic) bond motifs is 3. The molecule has 0 saturated carbocycles. The molecular weight excluding hydrogens is 300 g/mol. The van der Waals surface area contributed by atoms with E-state index in [2.05, 4.69) is 28.8 Å². The smallest absolute Gasteiger partial charge is 0.144 e. The summed E-state index contributed by atoms with van der Waals surface area (Å²) in [6.07, 6.45) is 2.05. The second-order valence-electron chi connectivity index (χ2n) is 5.67. The Morgan fingerprint density at radius 3 is 2.50 bits per heavy atom. The number of anilines is 1. The summed E-state index contributed by atoms with van der Waals surface area (Å²) in [5.74, 6) is 1.62. The third-order valence-corrected chi connectivity index (χ3v) is 4.36. The van der Waals surface area contributed by atoms with Crippen LogP contribution in [-0.4, -0.2) is 18.8 Å². The Hall–Kier alpha value is -3.14. The molecule has 0 aliphatic carbocycles. The predicted molar refractivity (Wildman–Crippen MR) is 98.3 cm³/mol. The van der Waals surface area contributed by atoms with Gasteiger partial charge in [0.25, 0.3) is 0 Å². The molecule has 24 heavy (non-hydrogen) atoms. The second kappa shape index (κ2) is 5.49. The molecule has 0 fully saturated rings. The number of rotatable bonds is 3. The first kappa shape index (κ1) is 14.5. The van der Waals surface area contributed by atoms with Crippen LogP contribution < -0.4 is 15.2 Å². The van der Waals surface area contributed by atoms with Gasteiger partial charge in [0.15, 0.2) is 0 Å². The van der Waals surface area contributed by atoms with Crippen molar-refractivity contribution < 1.29 is 9.47 Å². The van der Waals surface area contributed by atoms with Crippen molar-refractivity contribution in [3.05, 3.63) is 60.8 Å². The van der Waals surface area contributed by atoms with Gasteiger partial charge < -0.3 is 19.8 Å². The third-order valence-electron chi connectivity index (χ3n) is 4.36. The summed E-state index contributed by atoms with van der Waals surface area (Å²) in [5.41, 5.74) is 8.60. The quantitative estimate of drug-likeness (QED) is 0.570. The fourth-order valence-electron chi connectivity index (χ4n) is 3.24. The van der Waals surface area contributed by atoms with E-state index in [0.29, 0.717) is 5.69 Å². The molecule has 4 aromatic rings. The van der Waals surface area contributed by atoms with Gasteiger partial charge in [-0.25, -0.2) is 0 Å².